The molecule has 120 valence electrons. The summed E-state index contributed by atoms with van der Waals surface area (Å²) in [5.41, 5.74) is 8.16. The van der Waals surface area contributed by atoms with Crippen molar-refractivity contribution in [2.24, 2.45) is 10.7 Å². The Morgan fingerprint density at radius 2 is 2.10 bits per heavy atom. The Morgan fingerprint density at radius 1 is 1.33 bits per heavy atom. The number of hydrogen-bond acceptors (Lipinski definition) is 2. The lowest BCUT2D eigenvalue weighted by molar-refractivity contribution is 0.144. The number of ether oxygens (including phenoxy) is 1. The van der Waals surface area contributed by atoms with E-state index in [0.717, 1.165) is 38.3 Å². The van der Waals surface area contributed by atoms with Gasteiger partial charge in [0.25, 0.3) is 0 Å². The molecule has 0 aliphatic heterocycles. The van der Waals surface area contributed by atoms with Gasteiger partial charge in [0.15, 0.2) is 5.96 Å². The van der Waals surface area contributed by atoms with Gasteiger partial charge >= 0.3 is 0 Å². The molecule has 0 saturated carbocycles. The number of halogens is 1. The van der Waals surface area contributed by atoms with E-state index in [4.69, 9.17) is 10.5 Å². The van der Waals surface area contributed by atoms with Crippen LogP contribution < -0.4 is 11.1 Å². The molecule has 0 saturated heterocycles. The Kier molecular flexibility index (Phi) is 11.3. The normalized spacial score (nSPS) is 11.3. The van der Waals surface area contributed by atoms with E-state index in [1.807, 2.05) is 19.1 Å². The number of nitrogens with zero attached hydrogens (tertiary/aromatic N) is 1. The average Bonchev–Trinajstić information content (AvgIpc) is 2.43. The zero-order valence-corrected chi connectivity index (χ0v) is 15.6. The molecule has 0 spiro atoms. The number of nitrogens with one attached hydrogen (secondary N) is 1. The highest BCUT2D eigenvalue weighted by Gasteiger charge is 2.01. The fourth-order valence-electron chi connectivity index (χ4n) is 1.82. The van der Waals surface area contributed by atoms with Crippen molar-refractivity contribution < 1.29 is 4.74 Å². The predicted octanol–water partition coefficient (Wildman–Crippen LogP) is 3.97. The summed E-state index contributed by atoms with van der Waals surface area (Å²) >= 11 is 0. The molecule has 0 aliphatic carbocycles. The maximum atomic E-state index is 5.88. The molecule has 0 bridgehead atoms. The maximum absolute atomic E-state index is 5.88. The number of benzene rings is 1. The van der Waals surface area contributed by atoms with Crippen molar-refractivity contribution in [2.75, 3.05) is 25.1 Å². The van der Waals surface area contributed by atoms with E-state index in [2.05, 4.69) is 36.3 Å². The number of anilines is 1. The Bertz CT molecular complexity index is 422. The van der Waals surface area contributed by atoms with Crippen LogP contribution in [0, 0.1) is 0 Å². The van der Waals surface area contributed by atoms with E-state index >= 15 is 0 Å². The third-order valence-electron chi connectivity index (χ3n) is 3.01. The third-order valence-corrected chi connectivity index (χ3v) is 3.01. The lowest BCUT2D eigenvalue weighted by Crippen LogP contribution is -2.23. The monoisotopic (exact) mass is 405 g/mol. The molecule has 21 heavy (non-hydrogen) atoms. The minimum absolute atomic E-state index is 0. The van der Waals surface area contributed by atoms with Gasteiger partial charge < -0.3 is 15.8 Å². The molecule has 4 nitrogen and oxygen atoms in total. The second-order valence-corrected chi connectivity index (χ2v) is 5.08. The van der Waals surface area contributed by atoms with Crippen LogP contribution in [0.5, 0.6) is 0 Å². The van der Waals surface area contributed by atoms with Crippen LogP contribution in [0.1, 0.15) is 45.1 Å². The molecular weight excluding hydrogens is 377 g/mol. The van der Waals surface area contributed by atoms with Crippen LogP contribution in [0.4, 0.5) is 5.69 Å². The topological polar surface area (TPSA) is 59.6 Å². The lowest BCUT2D eigenvalue weighted by Gasteiger charge is -2.10. The zero-order valence-electron chi connectivity index (χ0n) is 13.3. The standard InChI is InChI=1S/C16H27N3O.HI/c1-4-20-11-6-5-10-18-16(17)19-15-9-7-8-14(12-15)13(2)3;/h7-9,12-13H,4-6,10-11H2,1-3H3,(H3,17,18,19);1H. The summed E-state index contributed by atoms with van der Waals surface area (Å²) in [5, 5.41) is 3.14. The molecule has 0 aliphatic rings. The fourth-order valence-corrected chi connectivity index (χ4v) is 1.82. The molecule has 0 radical (unpaired) electrons. The summed E-state index contributed by atoms with van der Waals surface area (Å²) in [5.74, 6) is 0.982. The van der Waals surface area contributed by atoms with Crippen LogP contribution in [-0.2, 0) is 4.74 Å². The first-order valence-electron chi connectivity index (χ1n) is 7.38. The van der Waals surface area contributed by atoms with Gasteiger partial charge in [-0.1, -0.05) is 26.0 Å². The van der Waals surface area contributed by atoms with E-state index in [1.54, 1.807) is 0 Å². The molecule has 0 unspecified atom stereocenters. The Balaban J connectivity index is 0.00000400. The summed E-state index contributed by atoms with van der Waals surface area (Å²) < 4.78 is 5.28. The molecule has 0 heterocycles. The first-order chi connectivity index (χ1) is 9.63. The molecule has 0 aromatic heterocycles. The van der Waals surface area contributed by atoms with Gasteiger partial charge in [-0.25, -0.2) is 0 Å². The molecule has 1 aromatic carbocycles. The van der Waals surface area contributed by atoms with Crippen molar-refractivity contribution in [1.82, 2.24) is 0 Å². The van der Waals surface area contributed by atoms with Crippen molar-refractivity contribution in [2.45, 2.75) is 39.5 Å². The van der Waals surface area contributed by atoms with Crippen molar-refractivity contribution in [1.29, 1.82) is 0 Å². The number of guanidine groups is 1. The number of rotatable bonds is 8. The summed E-state index contributed by atoms with van der Waals surface area (Å²) in [6.07, 6.45) is 2.02. The van der Waals surface area contributed by atoms with E-state index in [-0.39, 0.29) is 24.0 Å². The van der Waals surface area contributed by atoms with E-state index in [0.29, 0.717) is 11.9 Å². The van der Waals surface area contributed by atoms with Crippen LogP contribution >= 0.6 is 24.0 Å². The van der Waals surface area contributed by atoms with Crippen LogP contribution in [0.3, 0.4) is 0 Å². The first kappa shape index (κ1) is 20.2. The number of nitrogens with two attached hydrogens (primary N) is 1. The molecule has 5 heteroatoms. The van der Waals surface area contributed by atoms with E-state index < -0.39 is 0 Å². The minimum atomic E-state index is 0. The second kappa shape index (κ2) is 11.8. The number of hydrogen-bond donors (Lipinski definition) is 2. The minimum Gasteiger partial charge on any atom is -0.382 e. The van der Waals surface area contributed by atoms with Crippen LogP contribution in [0.15, 0.2) is 29.3 Å². The van der Waals surface area contributed by atoms with Crippen LogP contribution in [0.2, 0.25) is 0 Å². The number of unbranched alkanes of at least 4 members (excludes halogenated alkanes) is 1. The molecule has 0 fully saturated rings. The molecule has 0 atom stereocenters. The molecular formula is C16H28IN3O. The third kappa shape index (κ3) is 8.93. The zero-order chi connectivity index (χ0) is 14.8. The summed E-state index contributed by atoms with van der Waals surface area (Å²) in [7, 11) is 0. The van der Waals surface area contributed by atoms with Gasteiger partial charge in [0.2, 0.25) is 0 Å². The van der Waals surface area contributed by atoms with E-state index in [1.165, 1.54) is 5.56 Å². The Morgan fingerprint density at radius 3 is 2.76 bits per heavy atom. The summed E-state index contributed by atoms with van der Waals surface area (Å²) in [6, 6.07) is 8.27. The van der Waals surface area contributed by atoms with Gasteiger partial charge in [0, 0.05) is 25.4 Å². The van der Waals surface area contributed by atoms with Gasteiger partial charge in [0.1, 0.15) is 0 Å². The quantitative estimate of drug-likeness (QED) is 0.298. The van der Waals surface area contributed by atoms with E-state index in [9.17, 15) is 0 Å². The highest BCUT2D eigenvalue weighted by atomic mass is 127. The van der Waals surface area contributed by atoms with Gasteiger partial charge in [-0.05, 0) is 43.4 Å². The first-order valence-corrected chi connectivity index (χ1v) is 7.38. The SMILES string of the molecule is CCOCCCCN=C(N)Nc1cccc(C(C)C)c1.I. The van der Waals surface area contributed by atoms with Crippen molar-refractivity contribution in [3.63, 3.8) is 0 Å². The smallest absolute Gasteiger partial charge is 0.193 e. The highest BCUT2D eigenvalue weighted by Crippen LogP contribution is 2.18. The molecule has 1 aromatic rings. The van der Waals surface area contributed by atoms with Gasteiger partial charge in [-0.15, -0.1) is 24.0 Å². The molecule has 3 N–H and O–H groups in total. The van der Waals surface area contributed by atoms with Crippen molar-refractivity contribution in [3.8, 4) is 0 Å². The van der Waals surface area contributed by atoms with Crippen LogP contribution in [-0.4, -0.2) is 25.7 Å². The van der Waals surface area contributed by atoms with Crippen molar-refractivity contribution in [3.05, 3.63) is 29.8 Å². The van der Waals surface area contributed by atoms with Crippen molar-refractivity contribution >= 4 is 35.6 Å². The lowest BCUT2D eigenvalue weighted by atomic mass is 10.0. The maximum Gasteiger partial charge on any atom is 0.193 e. The predicted molar refractivity (Wildman–Crippen MR) is 102 cm³/mol. The molecule has 0 amide bonds. The Hall–Kier alpha value is -0.820. The van der Waals surface area contributed by atoms with Gasteiger partial charge in [-0.2, -0.15) is 0 Å². The van der Waals surface area contributed by atoms with Gasteiger partial charge in [-0.3, -0.25) is 4.99 Å². The molecule has 1 rings (SSSR count). The Labute approximate surface area is 145 Å². The highest BCUT2D eigenvalue weighted by molar-refractivity contribution is 14.0. The largest absolute Gasteiger partial charge is 0.382 e. The second-order valence-electron chi connectivity index (χ2n) is 5.08. The summed E-state index contributed by atoms with van der Waals surface area (Å²) in [6.45, 7) is 8.67. The van der Waals surface area contributed by atoms with Gasteiger partial charge in [0.05, 0.1) is 0 Å². The number of aliphatic imine (C=N–C) groups is 1. The fraction of sp³-hybridized carbons (Fsp3) is 0.562. The van der Waals surface area contributed by atoms with Crippen LogP contribution in [0.25, 0.3) is 0 Å². The summed E-state index contributed by atoms with van der Waals surface area (Å²) in [4.78, 5) is 4.32. The average molecular weight is 405 g/mol.